The van der Waals surface area contributed by atoms with Crippen molar-refractivity contribution in [3.63, 3.8) is 0 Å². The lowest BCUT2D eigenvalue weighted by molar-refractivity contribution is -0.385. The van der Waals surface area contributed by atoms with Crippen LogP contribution in [-0.2, 0) is 11.2 Å². The molecule has 1 aliphatic rings. The molecule has 0 radical (unpaired) electrons. The fourth-order valence-electron chi connectivity index (χ4n) is 2.80. The molecule has 8 heteroatoms. The van der Waals surface area contributed by atoms with E-state index in [1.165, 1.54) is 17.8 Å². The fraction of sp³-hybridized carbons (Fsp3) is 0.200. The molecule has 2 aromatic rings. The van der Waals surface area contributed by atoms with Crippen molar-refractivity contribution in [1.82, 2.24) is 4.90 Å². The van der Waals surface area contributed by atoms with Crippen molar-refractivity contribution in [1.29, 1.82) is 0 Å². The highest BCUT2D eigenvalue weighted by Gasteiger charge is 2.32. The number of thioether (sulfide) groups is 1. The average Bonchev–Trinajstić information content (AvgIpc) is 2.97. The molecule has 0 unspecified atom stereocenters. The molecule has 0 spiro atoms. The highest BCUT2D eigenvalue weighted by atomic mass is 79.9. The van der Waals surface area contributed by atoms with E-state index in [0.29, 0.717) is 26.7 Å². The van der Waals surface area contributed by atoms with Crippen LogP contribution < -0.4 is 0 Å². The third kappa shape index (κ3) is 4.18. The van der Waals surface area contributed by atoms with E-state index in [1.807, 2.05) is 31.2 Å². The van der Waals surface area contributed by atoms with Crippen LogP contribution in [0.5, 0.6) is 0 Å². The Bertz CT molecular complexity index is 1000. The molecule has 144 valence electrons. The topological polar surface area (TPSA) is 75.8 Å². The SMILES string of the molecule is CCc1ccccc1N=C1S/C(=C/c2ccc(Br)c([N+](=O)[O-])c2)C(=O)N1CC. The molecule has 1 heterocycles. The zero-order valence-electron chi connectivity index (χ0n) is 15.4. The Morgan fingerprint density at radius 2 is 2.00 bits per heavy atom. The van der Waals surface area contributed by atoms with Crippen LogP contribution in [-0.4, -0.2) is 27.4 Å². The van der Waals surface area contributed by atoms with Gasteiger partial charge in [-0.3, -0.25) is 19.8 Å². The van der Waals surface area contributed by atoms with E-state index in [9.17, 15) is 14.9 Å². The number of hydrogen-bond donors (Lipinski definition) is 0. The predicted octanol–water partition coefficient (Wildman–Crippen LogP) is 5.54. The van der Waals surface area contributed by atoms with Crippen molar-refractivity contribution in [3.8, 4) is 0 Å². The van der Waals surface area contributed by atoms with Crippen LogP contribution in [0.15, 0.2) is 56.8 Å². The monoisotopic (exact) mass is 459 g/mol. The van der Waals surface area contributed by atoms with Crippen molar-refractivity contribution in [3.05, 3.63) is 73.1 Å². The Morgan fingerprint density at radius 3 is 2.68 bits per heavy atom. The third-order valence-corrected chi connectivity index (χ3v) is 5.93. The molecule has 0 aromatic heterocycles. The molecule has 1 fully saturated rings. The first-order chi connectivity index (χ1) is 13.4. The number of aliphatic imine (C=N–C) groups is 1. The van der Waals surface area contributed by atoms with Crippen LogP contribution in [0, 0.1) is 10.1 Å². The molecule has 28 heavy (non-hydrogen) atoms. The minimum atomic E-state index is -0.456. The van der Waals surface area contributed by atoms with Crippen LogP contribution in [0.4, 0.5) is 11.4 Å². The number of rotatable bonds is 5. The zero-order chi connectivity index (χ0) is 20.3. The van der Waals surface area contributed by atoms with Gasteiger partial charge in [-0.1, -0.05) is 31.2 Å². The van der Waals surface area contributed by atoms with Gasteiger partial charge in [-0.2, -0.15) is 0 Å². The number of hydrogen-bond acceptors (Lipinski definition) is 5. The summed E-state index contributed by atoms with van der Waals surface area (Å²) >= 11 is 4.46. The molecule has 0 atom stereocenters. The molecular weight excluding hydrogens is 442 g/mol. The molecule has 0 aliphatic carbocycles. The number of para-hydroxylation sites is 1. The summed E-state index contributed by atoms with van der Waals surface area (Å²) in [6.07, 6.45) is 2.52. The van der Waals surface area contributed by atoms with Gasteiger partial charge in [0.1, 0.15) is 0 Å². The number of carbonyl (C=O) groups is 1. The van der Waals surface area contributed by atoms with Crippen LogP contribution in [0.3, 0.4) is 0 Å². The Labute approximate surface area is 175 Å². The van der Waals surface area contributed by atoms with Crippen molar-refractivity contribution in [2.45, 2.75) is 20.3 Å². The number of amidine groups is 1. The molecule has 3 rings (SSSR count). The second-order valence-corrected chi connectivity index (χ2v) is 7.87. The minimum absolute atomic E-state index is 0.0390. The summed E-state index contributed by atoms with van der Waals surface area (Å²) in [5.74, 6) is -0.147. The normalized spacial score (nSPS) is 17.0. The van der Waals surface area contributed by atoms with Crippen LogP contribution in [0.2, 0.25) is 0 Å². The van der Waals surface area contributed by atoms with Gasteiger partial charge in [-0.15, -0.1) is 0 Å². The summed E-state index contributed by atoms with van der Waals surface area (Å²) in [4.78, 5) is 30.3. The summed E-state index contributed by atoms with van der Waals surface area (Å²) in [5.41, 5.74) is 2.51. The number of amides is 1. The first kappa shape index (κ1) is 20.3. The molecular formula is C20H18BrN3O3S. The number of nitro groups is 1. The van der Waals surface area contributed by atoms with Crippen LogP contribution in [0.25, 0.3) is 6.08 Å². The first-order valence-electron chi connectivity index (χ1n) is 8.76. The number of likely N-dealkylation sites (N-methyl/N-ethyl adjacent to an activating group) is 1. The van der Waals surface area contributed by atoms with Gasteiger partial charge in [0, 0.05) is 12.6 Å². The Kier molecular flexibility index (Phi) is 6.31. The number of nitrogens with zero attached hydrogens (tertiary/aromatic N) is 3. The maximum absolute atomic E-state index is 12.8. The van der Waals surface area contributed by atoms with Gasteiger partial charge in [-0.05, 0) is 70.4 Å². The maximum Gasteiger partial charge on any atom is 0.284 e. The van der Waals surface area contributed by atoms with E-state index in [-0.39, 0.29) is 11.6 Å². The van der Waals surface area contributed by atoms with E-state index in [1.54, 1.807) is 23.1 Å². The highest BCUT2D eigenvalue weighted by molar-refractivity contribution is 9.10. The number of halogens is 1. The standard InChI is InChI=1S/C20H18BrN3O3S/c1-3-14-7-5-6-8-16(14)22-20-23(4-2)19(25)18(28-20)12-13-9-10-15(21)17(11-13)24(26)27/h5-12H,3-4H2,1-2H3/b18-12+,22-20?. The van der Waals surface area contributed by atoms with Gasteiger partial charge >= 0.3 is 0 Å². The lowest BCUT2D eigenvalue weighted by Crippen LogP contribution is -2.28. The first-order valence-corrected chi connectivity index (χ1v) is 10.4. The Morgan fingerprint density at radius 1 is 1.25 bits per heavy atom. The largest absolute Gasteiger partial charge is 0.287 e. The van der Waals surface area contributed by atoms with E-state index in [0.717, 1.165) is 17.7 Å². The lowest BCUT2D eigenvalue weighted by atomic mass is 10.1. The summed E-state index contributed by atoms with van der Waals surface area (Å²) in [6, 6.07) is 12.6. The van der Waals surface area contributed by atoms with Gasteiger partial charge in [0.05, 0.1) is 20.0 Å². The summed E-state index contributed by atoms with van der Waals surface area (Å²) in [6.45, 7) is 4.46. The fourth-order valence-corrected chi connectivity index (χ4v) is 4.25. The van der Waals surface area contributed by atoms with Crippen molar-refractivity contribution in [2.24, 2.45) is 4.99 Å². The van der Waals surface area contributed by atoms with Crippen LogP contribution >= 0.6 is 27.7 Å². The second-order valence-electron chi connectivity index (χ2n) is 6.00. The molecule has 2 aromatic carbocycles. The molecule has 0 bridgehead atoms. The van der Waals surface area contributed by atoms with Gasteiger partial charge in [0.25, 0.3) is 11.6 Å². The number of benzene rings is 2. The van der Waals surface area contributed by atoms with Crippen LogP contribution in [0.1, 0.15) is 25.0 Å². The smallest absolute Gasteiger partial charge is 0.284 e. The van der Waals surface area contributed by atoms with Gasteiger partial charge < -0.3 is 0 Å². The summed E-state index contributed by atoms with van der Waals surface area (Å²) < 4.78 is 0.402. The summed E-state index contributed by atoms with van der Waals surface area (Å²) in [5, 5.41) is 11.8. The quantitative estimate of drug-likeness (QED) is 0.333. The van der Waals surface area contributed by atoms with E-state index in [4.69, 9.17) is 4.99 Å². The molecule has 1 amide bonds. The van der Waals surface area contributed by atoms with E-state index < -0.39 is 4.92 Å². The minimum Gasteiger partial charge on any atom is -0.287 e. The predicted molar refractivity (Wildman–Crippen MR) is 117 cm³/mol. The van der Waals surface area contributed by atoms with Gasteiger partial charge in [0.15, 0.2) is 5.17 Å². The zero-order valence-corrected chi connectivity index (χ0v) is 17.8. The Hall–Kier alpha value is -2.45. The second kappa shape index (κ2) is 8.70. The Balaban J connectivity index is 1.98. The lowest BCUT2D eigenvalue weighted by Gasteiger charge is -2.12. The van der Waals surface area contributed by atoms with Gasteiger partial charge in [0.2, 0.25) is 0 Å². The van der Waals surface area contributed by atoms with Gasteiger partial charge in [-0.25, -0.2) is 4.99 Å². The van der Waals surface area contributed by atoms with Crippen molar-refractivity contribution < 1.29 is 9.72 Å². The number of aryl methyl sites for hydroxylation is 1. The molecule has 0 saturated carbocycles. The average molecular weight is 460 g/mol. The number of nitro benzene ring substituents is 1. The molecule has 1 saturated heterocycles. The molecule has 6 nitrogen and oxygen atoms in total. The highest BCUT2D eigenvalue weighted by Crippen LogP contribution is 2.35. The molecule has 1 aliphatic heterocycles. The maximum atomic E-state index is 12.8. The van der Waals surface area contributed by atoms with E-state index >= 15 is 0 Å². The summed E-state index contributed by atoms with van der Waals surface area (Å²) in [7, 11) is 0. The molecule has 0 N–H and O–H groups in total. The number of carbonyl (C=O) groups excluding carboxylic acids is 1. The van der Waals surface area contributed by atoms with E-state index in [2.05, 4.69) is 22.9 Å². The van der Waals surface area contributed by atoms with Crippen molar-refractivity contribution >= 4 is 56.2 Å². The van der Waals surface area contributed by atoms with Crippen molar-refractivity contribution in [2.75, 3.05) is 6.54 Å². The third-order valence-electron chi connectivity index (χ3n) is 4.26.